The highest BCUT2D eigenvalue weighted by molar-refractivity contribution is 6.66. The molecule has 3 aromatic rings. The molecular formula is C22H19Cl2N3. The van der Waals surface area contributed by atoms with E-state index < -0.39 is 0 Å². The zero-order valence-electron chi connectivity index (χ0n) is 14.9. The molecule has 3 rings (SSSR count). The van der Waals surface area contributed by atoms with E-state index in [0.717, 1.165) is 11.4 Å². The lowest BCUT2D eigenvalue weighted by Crippen LogP contribution is -2.16. The molecule has 0 atom stereocenters. The van der Waals surface area contributed by atoms with Crippen LogP contribution in [0.15, 0.2) is 101 Å². The number of hydrogen-bond donors (Lipinski definition) is 0. The van der Waals surface area contributed by atoms with Crippen molar-refractivity contribution < 1.29 is 0 Å². The van der Waals surface area contributed by atoms with Crippen LogP contribution >= 0.6 is 23.2 Å². The normalized spacial score (nSPS) is 12.4. The van der Waals surface area contributed by atoms with E-state index in [1.165, 1.54) is 11.1 Å². The average molecular weight is 396 g/mol. The summed E-state index contributed by atoms with van der Waals surface area (Å²) in [6, 6.07) is 24.7. The Labute approximate surface area is 169 Å². The minimum absolute atomic E-state index is 0.0151. The van der Waals surface area contributed by atoms with Gasteiger partial charge in [-0.25, -0.2) is 9.98 Å². The molecule has 0 unspecified atom stereocenters. The molecule has 0 saturated carbocycles. The van der Waals surface area contributed by atoms with Crippen LogP contribution in [0.3, 0.4) is 0 Å². The minimum atomic E-state index is 0.0151. The third kappa shape index (κ3) is 4.76. The number of amidine groups is 1. The second-order valence-electron chi connectivity index (χ2n) is 5.98. The second-order valence-corrected chi connectivity index (χ2v) is 6.75. The van der Waals surface area contributed by atoms with Gasteiger partial charge in [-0.05, 0) is 41.8 Å². The van der Waals surface area contributed by atoms with Crippen LogP contribution in [0.2, 0.25) is 0 Å². The van der Waals surface area contributed by atoms with Gasteiger partial charge in [0, 0.05) is 6.20 Å². The summed E-state index contributed by atoms with van der Waals surface area (Å²) in [5.74, 6) is 0. The van der Waals surface area contributed by atoms with Gasteiger partial charge in [0.2, 0.25) is 5.29 Å². The Morgan fingerprint density at radius 2 is 1.41 bits per heavy atom. The number of aliphatic imine (C=N–C) groups is 2. The smallest absolute Gasteiger partial charge is 0.224 e. The first-order valence-electron chi connectivity index (χ1n) is 8.47. The Bertz CT molecular complexity index is 934. The topological polar surface area (TPSA) is 29.6 Å². The molecule has 136 valence electrons. The molecule has 0 bridgehead atoms. The zero-order chi connectivity index (χ0) is 19.2. The van der Waals surface area contributed by atoms with Gasteiger partial charge in [0.25, 0.3) is 0 Å². The summed E-state index contributed by atoms with van der Waals surface area (Å²) in [5.41, 5.74) is 4.05. The molecule has 0 spiro atoms. The van der Waals surface area contributed by atoms with Gasteiger partial charge in [-0.2, -0.15) is 0 Å². The van der Waals surface area contributed by atoms with Crippen LogP contribution in [0.1, 0.15) is 29.8 Å². The van der Waals surface area contributed by atoms with Crippen molar-refractivity contribution >= 4 is 34.2 Å². The summed E-state index contributed by atoms with van der Waals surface area (Å²) in [6.45, 7) is 5.41. The maximum Gasteiger partial charge on any atom is 0.224 e. The first-order chi connectivity index (χ1) is 13.1. The molecule has 1 aromatic heterocycles. The maximum atomic E-state index is 6.06. The van der Waals surface area contributed by atoms with Crippen LogP contribution in [0, 0.1) is 0 Å². The third-order valence-corrected chi connectivity index (χ3v) is 4.39. The summed E-state index contributed by atoms with van der Waals surface area (Å²) in [6.07, 6.45) is 2.05. The van der Waals surface area contributed by atoms with Gasteiger partial charge < -0.3 is 4.57 Å². The van der Waals surface area contributed by atoms with E-state index in [9.17, 15) is 0 Å². The molecule has 0 N–H and O–H groups in total. The van der Waals surface area contributed by atoms with Gasteiger partial charge >= 0.3 is 0 Å². The summed E-state index contributed by atoms with van der Waals surface area (Å²) >= 11 is 11.7. The summed E-state index contributed by atoms with van der Waals surface area (Å²) < 4.78 is 2.18. The van der Waals surface area contributed by atoms with Crippen LogP contribution in [-0.4, -0.2) is 15.6 Å². The van der Waals surface area contributed by atoms with Crippen LogP contribution in [0.25, 0.3) is 0 Å². The molecule has 0 aliphatic heterocycles. The lowest BCUT2D eigenvalue weighted by molar-refractivity contribution is 0.677. The van der Waals surface area contributed by atoms with E-state index in [2.05, 4.69) is 45.4 Å². The number of benzene rings is 2. The van der Waals surface area contributed by atoms with E-state index >= 15 is 0 Å². The van der Waals surface area contributed by atoms with Crippen molar-refractivity contribution in [3.8, 4) is 0 Å². The maximum absolute atomic E-state index is 6.06. The fourth-order valence-electron chi connectivity index (χ4n) is 3.03. The zero-order valence-corrected chi connectivity index (χ0v) is 16.4. The Balaban J connectivity index is 2.10. The summed E-state index contributed by atoms with van der Waals surface area (Å²) in [7, 11) is 0. The molecule has 0 amide bonds. The predicted octanol–water partition coefficient (Wildman–Crippen LogP) is 6.24. The first kappa shape index (κ1) is 19.2. The van der Waals surface area contributed by atoms with Crippen molar-refractivity contribution in [1.82, 2.24) is 4.57 Å². The fourth-order valence-corrected chi connectivity index (χ4v) is 3.38. The molecule has 0 radical (unpaired) electrons. The number of halogens is 2. The fraction of sp³-hybridized carbons (Fsp3) is 0.0909. The molecule has 0 fully saturated rings. The van der Waals surface area contributed by atoms with E-state index in [0.29, 0.717) is 0 Å². The van der Waals surface area contributed by atoms with Gasteiger partial charge in [0.05, 0.1) is 17.4 Å². The molecular weight excluding hydrogens is 377 g/mol. The highest BCUT2D eigenvalue weighted by Crippen LogP contribution is 2.28. The van der Waals surface area contributed by atoms with Crippen molar-refractivity contribution in [3.63, 3.8) is 0 Å². The molecule has 0 saturated heterocycles. The monoisotopic (exact) mass is 395 g/mol. The Kier molecular flexibility index (Phi) is 6.28. The number of aromatic nitrogens is 1. The summed E-state index contributed by atoms with van der Waals surface area (Å²) in [5, 5.41) is 0.148. The van der Waals surface area contributed by atoms with Crippen molar-refractivity contribution in [1.29, 1.82) is 0 Å². The Morgan fingerprint density at radius 1 is 0.852 bits per heavy atom. The van der Waals surface area contributed by atoms with E-state index in [1.807, 2.05) is 61.7 Å². The third-order valence-electron chi connectivity index (χ3n) is 4.13. The standard InChI is InChI=1S/C22H19Cl2N3/c1-16(25-22(24)26-17(2)23)20-14-9-15-27(20)21(18-10-5-3-6-11-18)19-12-7-4-8-13-19/h3-15,21H,2H2,1H3/b25-16+,26-22-. The minimum Gasteiger partial charge on any atom is -0.335 e. The first-order valence-corrected chi connectivity index (χ1v) is 9.23. The summed E-state index contributed by atoms with van der Waals surface area (Å²) in [4.78, 5) is 8.23. The van der Waals surface area contributed by atoms with E-state index in [-0.39, 0.29) is 16.5 Å². The molecule has 2 aromatic carbocycles. The van der Waals surface area contributed by atoms with Crippen molar-refractivity contribution in [3.05, 3.63) is 108 Å². The number of rotatable bonds is 5. The SMILES string of the molecule is C=C(Cl)/N=C(Cl)\N=C(/C)c1cccn1C(c1ccccc1)c1ccccc1. The van der Waals surface area contributed by atoms with Gasteiger partial charge in [-0.1, -0.05) is 78.8 Å². The molecule has 0 aliphatic rings. The predicted molar refractivity (Wildman–Crippen MR) is 115 cm³/mol. The van der Waals surface area contributed by atoms with Crippen molar-refractivity contribution in [2.24, 2.45) is 9.98 Å². The van der Waals surface area contributed by atoms with Gasteiger partial charge in [0.15, 0.2) is 0 Å². The quantitative estimate of drug-likeness (QED) is 0.278. The lowest BCUT2D eigenvalue weighted by Gasteiger charge is -2.23. The number of hydrogen-bond acceptors (Lipinski definition) is 1. The number of nitrogens with zero attached hydrogens (tertiary/aromatic N) is 3. The Morgan fingerprint density at radius 3 is 1.93 bits per heavy atom. The van der Waals surface area contributed by atoms with Crippen LogP contribution in [0.5, 0.6) is 0 Å². The molecule has 3 nitrogen and oxygen atoms in total. The van der Waals surface area contributed by atoms with Gasteiger partial charge in [-0.3, -0.25) is 0 Å². The largest absolute Gasteiger partial charge is 0.335 e. The second kappa shape index (κ2) is 8.85. The van der Waals surface area contributed by atoms with E-state index in [4.69, 9.17) is 23.2 Å². The molecule has 5 heteroatoms. The molecule has 27 heavy (non-hydrogen) atoms. The average Bonchev–Trinajstić information content (AvgIpc) is 3.12. The van der Waals surface area contributed by atoms with Crippen LogP contribution in [0.4, 0.5) is 0 Å². The van der Waals surface area contributed by atoms with Crippen LogP contribution < -0.4 is 0 Å². The Hall–Kier alpha value is -2.62. The van der Waals surface area contributed by atoms with Gasteiger partial charge in [-0.15, -0.1) is 0 Å². The lowest BCUT2D eigenvalue weighted by atomic mass is 9.98. The van der Waals surface area contributed by atoms with Crippen molar-refractivity contribution in [2.75, 3.05) is 0 Å². The van der Waals surface area contributed by atoms with Crippen LogP contribution in [-0.2, 0) is 0 Å². The van der Waals surface area contributed by atoms with Crippen molar-refractivity contribution in [2.45, 2.75) is 13.0 Å². The van der Waals surface area contributed by atoms with Gasteiger partial charge in [0.1, 0.15) is 5.16 Å². The molecule has 1 heterocycles. The highest BCUT2D eigenvalue weighted by Gasteiger charge is 2.19. The van der Waals surface area contributed by atoms with E-state index in [1.54, 1.807) is 0 Å². The molecule has 0 aliphatic carbocycles. The highest BCUT2D eigenvalue weighted by atomic mass is 35.5.